The van der Waals surface area contributed by atoms with Crippen LogP contribution >= 0.6 is 34.8 Å². The summed E-state index contributed by atoms with van der Waals surface area (Å²) in [5.41, 5.74) is 1.81. The van der Waals surface area contributed by atoms with Crippen molar-refractivity contribution in [3.8, 4) is 5.75 Å². The van der Waals surface area contributed by atoms with E-state index < -0.39 is 6.04 Å². The number of carbonyl (C=O) groups is 3. The van der Waals surface area contributed by atoms with E-state index in [1.165, 1.54) is 4.90 Å². The maximum Gasteiger partial charge on any atom is 0.255 e. The van der Waals surface area contributed by atoms with Gasteiger partial charge in [-0.3, -0.25) is 14.4 Å². The molecule has 150 valence electrons. The number of ketones is 2. The molecule has 2 aromatic rings. The molecule has 1 saturated carbocycles. The minimum Gasteiger partial charge on any atom is -0.488 e. The highest BCUT2D eigenvalue weighted by atomic mass is 35.5. The number of benzene rings is 2. The molecule has 0 saturated heterocycles. The maximum absolute atomic E-state index is 12.9. The first kappa shape index (κ1) is 20.2. The number of Topliss-reactive ketones (excluding diaryl/α,β-unsaturated/α-hetero) is 2. The second kappa shape index (κ2) is 7.98. The summed E-state index contributed by atoms with van der Waals surface area (Å²) in [6, 6.07) is 7.81. The summed E-state index contributed by atoms with van der Waals surface area (Å²) in [5.74, 6) is 0.0289. The summed E-state index contributed by atoms with van der Waals surface area (Å²) in [6.07, 6.45) is 0.568. The van der Waals surface area contributed by atoms with Gasteiger partial charge in [-0.25, -0.2) is 0 Å². The second-order valence-electron chi connectivity index (χ2n) is 7.09. The first-order valence-electron chi connectivity index (χ1n) is 9.08. The third-order valence-corrected chi connectivity index (χ3v) is 6.14. The van der Waals surface area contributed by atoms with Crippen molar-refractivity contribution in [2.45, 2.75) is 38.5 Å². The Morgan fingerprint density at radius 3 is 2.48 bits per heavy atom. The normalized spacial score (nSPS) is 18.9. The Labute approximate surface area is 182 Å². The third-order valence-electron chi connectivity index (χ3n) is 5.25. The van der Waals surface area contributed by atoms with Gasteiger partial charge < -0.3 is 9.64 Å². The van der Waals surface area contributed by atoms with E-state index in [1.54, 1.807) is 30.3 Å². The first-order valence-corrected chi connectivity index (χ1v) is 10.2. The molecule has 0 aromatic heterocycles. The van der Waals surface area contributed by atoms with E-state index in [2.05, 4.69) is 0 Å². The highest BCUT2D eigenvalue weighted by Crippen LogP contribution is 2.36. The number of hydrogen-bond donors (Lipinski definition) is 0. The van der Waals surface area contributed by atoms with Gasteiger partial charge in [0.2, 0.25) is 0 Å². The molecule has 4 rings (SSSR count). The van der Waals surface area contributed by atoms with Crippen LogP contribution in [0.2, 0.25) is 15.1 Å². The van der Waals surface area contributed by atoms with Crippen LogP contribution in [0.5, 0.6) is 5.75 Å². The van der Waals surface area contributed by atoms with Crippen molar-refractivity contribution in [2.24, 2.45) is 0 Å². The Balaban J connectivity index is 1.56. The number of carbonyl (C=O) groups excluding carboxylic acids is 3. The van der Waals surface area contributed by atoms with Crippen molar-refractivity contribution in [3.63, 3.8) is 0 Å². The lowest BCUT2D eigenvalue weighted by atomic mass is 9.92. The molecule has 1 fully saturated rings. The van der Waals surface area contributed by atoms with Crippen LogP contribution in [0, 0.1) is 0 Å². The van der Waals surface area contributed by atoms with Crippen LogP contribution in [0.3, 0.4) is 0 Å². The van der Waals surface area contributed by atoms with E-state index in [1.807, 2.05) is 0 Å². The number of halogens is 3. The van der Waals surface area contributed by atoms with Crippen LogP contribution in [-0.4, -0.2) is 28.4 Å². The molecule has 8 heteroatoms. The van der Waals surface area contributed by atoms with Crippen LogP contribution in [0.1, 0.15) is 40.7 Å². The number of rotatable bonds is 4. The molecule has 0 radical (unpaired) electrons. The highest BCUT2D eigenvalue weighted by molar-refractivity contribution is 6.39. The number of fused-ring (bicyclic) bond motifs is 1. The first-order chi connectivity index (χ1) is 13.8. The van der Waals surface area contributed by atoms with E-state index in [9.17, 15) is 14.4 Å². The third kappa shape index (κ3) is 3.87. The van der Waals surface area contributed by atoms with Gasteiger partial charge in [-0.05, 0) is 30.7 Å². The van der Waals surface area contributed by atoms with Crippen LogP contribution in [0.4, 0.5) is 0 Å². The molecular weight excluding hydrogens is 437 g/mol. The Hall–Kier alpha value is -2.08. The fourth-order valence-corrected chi connectivity index (χ4v) is 4.69. The Morgan fingerprint density at radius 2 is 1.79 bits per heavy atom. The van der Waals surface area contributed by atoms with Crippen molar-refractivity contribution in [2.75, 3.05) is 0 Å². The molecule has 1 heterocycles. The Bertz CT molecular complexity index is 1010. The van der Waals surface area contributed by atoms with Crippen molar-refractivity contribution in [1.82, 2.24) is 4.90 Å². The number of amides is 1. The molecule has 29 heavy (non-hydrogen) atoms. The molecule has 1 aliphatic carbocycles. The van der Waals surface area contributed by atoms with Gasteiger partial charge in [-0.1, -0.05) is 40.9 Å². The summed E-state index contributed by atoms with van der Waals surface area (Å²) < 4.78 is 5.93. The topological polar surface area (TPSA) is 63.7 Å². The van der Waals surface area contributed by atoms with Crippen LogP contribution in [0.15, 0.2) is 30.3 Å². The van der Waals surface area contributed by atoms with E-state index >= 15 is 0 Å². The monoisotopic (exact) mass is 451 g/mol. The summed E-state index contributed by atoms with van der Waals surface area (Å²) in [6.45, 7) is 0.368. The second-order valence-corrected chi connectivity index (χ2v) is 8.34. The lowest BCUT2D eigenvalue weighted by Gasteiger charge is -2.29. The van der Waals surface area contributed by atoms with Gasteiger partial charge in [0.25, 0.3) is 5.91 Å². The lowest BCUT2D eigenvalue weighted by molar-refractivity contribution is -0.133. The standard InChI is InChI=1S/C21H16Cl3NO4/c22-11-6-16(23)15(17(24)7-11)10-29-20-3-1-2-13-14(20)9-25(21(13)28)18-5-4-12(26)8-19(18)27/h1-3,6-7,18H,4-5,8-10H2. The molecule has 0 spiro atoms. The van der Waals surface area contributed by atoms with Gasteiger partial charge in [0.15, 0.2) is 5.78 Å². The van der Waals surface area contributed by atoms with Crippen molar-refractivity contribution >= 4 is 52.3 Å². The van der Waals surface area contributed by atoms with Gasteiger partial charge >= 0.3 is 0 Å². The molecule has 5 nitrogen and oxygen atoms in total. The molecule has 2 aromatic carbocycles. The summed E-state index contributed by atoms with van der Waals surface area (Å²) in [7, 11) is 0. The zero-order valence-electron chi connectivity index (χ0n) is 15.2. The van der Waals surface area contributed by atoms with Crippen LogP contribution < -0.4 is 4.74 Å². The van der Waals surface area contributed by atoms with E-state index in [0.717, 1.165) is 0 Å². The zero-order valence-corrected chi connectivity index (χ0v) is 17.5. The number of ether oxygens (including phenoxy) is 1. The molecule has 1 unspecified atom stereocenters. The average Bonchev–Trinajstić information content (AvgIpc) is 2.98. The largest absolute Gasteiger partial charge is 0.488 e. The van der Waals surface area contributed by atoms with Gasteiger partial charge in [-0.15, -0.1) is 0 Å². The van der Waals surface area contributed by atoms with Gasteiger partial charge in [0.1, 0.15) is 18.1 Å². The predicted octanol–water partition coefficient (Wildman–Crippen LogP) is 4.87. The van der Waals surface area contributed by atoms with Gasteiger partial charge in [0, 0.05) is 28.1 Å². The molecule has 0 N–H and O–H groups in total. The number of hydrogen-bond acceptors (Lipinski definition) is 4. The molecule has 2 aliphatic rings. The molecule has 1 aliphatic heterocycles. The van der Waals surface area contributed by atoms with Crippen molar-refractivity contribution < 1.29 is 19.1 Å². The quantitative estimate of drug-likeness (QED) is 0.621. The molecule has 1 atom stereocenters. The van der Waals surface area contributed by atoms with Gasteiger partial charge in [0.05, 0.1) is 29.1 Å². The lowest BCUT2D eigenvalue weighted by Crippen LogP contribution is -2.44. The van der Waals surface area contributed by atoms with Crippen LogP contribution in [-0.2, 0) is 22.7 Å². The molecule has 1 amide bonds. The maximum atomic E-state index is 12.9. The van der Waals surface area contributed by atoms with Crippen LogP contribution in [0.25, 0.3) is 0 Å². The van der Waals surface area contributed by atoms with E-state index in [0.29, 0.717) is 50.3 Å². The van der Waals surface area contributed by atoms with Gasteiger partial charge in [-0.2, -0.15) is 0 Å². The number of nitrogens with zero attached hydrogens (tertiary/aromatic N) is 1. The Kier molecular flexibility index (Phi) is 5.56. The fourth-order valence-electron chi connectivity index (χ4n) is 3.76. The van der Waals surface area contributed by atoms with E-state index in [-0.39, 0.29) is 37.0 Å². The van der Waals surface area contributed by atoms with E-state index in [4.69, 9.17) is 39.5 Å². The average molecular weight is 453 g/mol. The Morgan fingerprint density at radius 1 is 1.07 bits per heavy atom. The minimum absolute atomic E-state index is 0.0730. The molecule has 0 bridgehead atoms. The SMILES string of the molecule is O=C1CCC(N2Cc3c(OCc4c(Cl)cc(Cl)cc4Cl)cccc3C2=O)C(=O)C1. The summed E-state index contributed by atoms with van der Waals surface area (Å²) in [5, 5.41) is 1.22. The highest BCUT2D eigenvalue weighted by Gasteiger charge is 2.40. The fraction of sp³-hybridized carbons (Fsp3) is 0.286. The smallest absolute Gasteiger partial charge is 0.255 e. The van der Waals surface area contributed by atoms with Crippen molar-refractivity contribution in [3.05, 3.63) is 62.1 Å². The van der Waals surface area contributed by atoms with Crippen molar-refractivity contribution in [1.29, 1.82) is 0 Å². The summed E-state index contributed by atoms with van der Waals surface area (Å²) in [4.78, 5) is 38.2. The predicted molar refractivity (Wildman–Crippen MR) is 110 cm³/mol. The molecular formula is C21H16Cl3NO4. The zero-order chi connectivity index (χ0) is 20.7. The summed E-state index contributed by atoms with van der Waals surface area (Å²) >= 11 is 18.4. The minimum atomic E-state index is -0.569.